The topological polar surface area (TPSA) is 106 Å². The van der Waals surface area contributed by atoms with E-state index in [1.165, 1.54) is 35.0 Å². The number of carbonyl (C=O) groups is 1. The number of fused-ring (bicyclic) bond motifs is 3. The highest BCUT2D eigenvalue weighted by molar-refractivity contribution is 7.99. The lowest BCUT2D eigenvalue weighted by molar-refractivity contribution is -0.130. The Morgan fingerprint density at radius 1 is 1.17 bits per heavy atom. The second-order valence-corrected chi connectivity index (χ2v) is 12.4. The highest BCUT2D eigenvalue weighted by Gasteiger charge is 2.42. The number of rotatable bonds is 5. The molecule has 2 aromatic rings. The van der Waals surface area contributed by atoms with Gasteiger partial charge < -0.3 is 10.6 Å². The van der Waals surface area contributed by atoms with Crippen LogP contribution < -0.4 is 5.73 Å². The molecule has 2 fully saturated rings. The molecule has 3 aliphatic rings. The SMILES string of the molecule is Nc1nc(SCC(=O)N(C2CC2)C2CCS(=O)(=O)C2)nc2sc3c(c12)CCCC3. The van der Waals surface area contributed by atoms with E-state index in [9.17, 15) is 13.2 Å². The lowest BCUT2D eigenvalue weighted by atomic mass is 9.97. The van der Waals surface area contributed by atoms with Crippen LogP contribution in [0.4, 0.5) is 5.82 Å². The van der Waals surface area contributed by atoms with Crippen molar-refractivity contribution in [2.75, 3.05) is 23.0 Å². The molecule has 0 bridgehead atoms. The van der Waals surface area contributed by atoms with Crippen molar-refractivity contribution >= 4 is 54.9 Å². The van der Waals surface area contributed by atoms with Crippen molar-refractivity contribution in [3.63, 3.8) is 0 Å². The van der Waals surface area contributed by atoms with Crippen LogP contribution in [0.15, 0.2) is 5.16 Å². The van der Waals surface area contributed by atoms with Gasteiger partial charge in [-0.05, 0) is 50.5 Å². The summed E-state index contributed by atoms with van der Waals surface area (Å²) in [5.41, 5.74) is 7.57. The molecule has 1 saturated heterocycles. The number of hydrogen-bond donors (Lipinski definition) is 1. The van der Waals surface area contributed by atoms with Gasteiger partial charge in [-0.15, -0.1) is 11.3 Å². The van der Waals surface area contributed by atoms with Crippen molar-refractivity contribution in [1.82, 2.24) is 14.9 Å². The lowest BCUT2D eigenvalue weighted by Gasteiger charge is -2.28. The van der Waals surface area contributed by atoms with Crippen LogP contribution in [0.3, 0.4) is 0 Å². The number of sulfone groups is 1. The third-order valence-electron chi connectivity index (χ3n) is 5.98. The number of nitrogens with zero attached hydrogens (tertiary/aromatic N) is 3. The summed E-state index contributed by atoms with van der Waals surface area (Å²) >= 11 is 3.00. The van der Waals surface area contributed by atoms with E-state index in [1.807, 2.05) is 4.90 Å². The molecule has 1 saturated carbocycles. The Labute approximate surface area is 178 Å². The van der Waals surface area contributed by atoms with Crippen LogP contribution in [0.1, 0.15) is 42.5 Å². The van der Waals surface area contributed by atoms with Crippen molar-refractivity contribution in [3.8, 4) is 0 Å². The number of aromatic nitrogens is 2. The Bertz CT molecular complexity index is 1080. The van der Waals surface area contributed by atoms with Crippen molar-refractivity contribution in [1.29, 1.82) is 0 Å². The van der Waals surface area contributed by atoms with Gasteiger partial charge in [0.25, 0.3) is 0 Å². The number of nitrogen functional groups attached to an aromatic ring is 1. The summed E-state index contributed by atoms with van der Waals surface area (Å²) in [6.07, 6.45) is 6.97. The Morgan fingerprint density at radius 3 is 2.69 bits per heavy atom. The summed E-state index contributed by atoms with van der Waals surface area (Å²) in [6, 6.07) is 0.0111. The number of carbonyl (C=O) groups excluding carboxylic acids is 1. The van der Waals surface area contributed by atoms with E-state index >= 15 is 0 Å². The van der Waals surface area contributed by atoms with E-state index in [-0.39, 0.29) is 35.2 Å². The maximum atomic E-state index is 12.9. The molecule has 0 radical (unpaired) electrons. The second-order valence-electron chi connectivity index (χ2n) is 8.16. The molecule has 2 aromatic heterocycles. The molecular weight excluding hydrogens is 428 g/mol. The van der Waals surface area contributed by atoms with Gasteiger partial charge in [-0.2, -0.15) is 0 Å². The van der Waals surface area contributed by atoms with Crippen molar-refractivity contribution in [3.05, 3.63) is 10.4 Å². The van der Waals surface area contributed by atoms with Gasteiger partial charge in [0.1, 0.15) is 10.6 Å². The molecule has 2 N–H and O–H groups in total. The first-order valence-corrected chi connectivity index (χ1v) is 13.8. The molecule has 10 heteroatoms. The molecule has 0 aromatic carbocycles. The van der Waals surface area contributed by atoms with Crippen molar-refractivity contribution < 1.29 is 13.2 Å². The van der Waals surface area contributed by atoms with Crippen molar-refractivity contribution in [2.24, 2.45) is 0 Å². The molecule has 7 nitrogen and oxygen atoms in total. The predicted molar refractivity (Wildman–Crippen MR) is 116 cm³/mol. The minimum absolute atomic E-state index is 0.0210. The van der Waals surface area contributed by atoms with Gasteiger partial charge in [0.05, 0.1) is 22.6 Å². The first kappa shape index (κ1) is 19.6. The maximum Gasteiger partial charge on any atom is 0.233 e. The molecule has 3 heterocycles. The Kier molecular flexibility index (Phi) is 4.98. The van der Waals surface area contributed by atoms with Gasteiger partial charge >= 0.3 is 0 Å². The summed E-state index contributed by atoms with van der Waals surface area (Å²) in [5, 5.41) is 1.52. The monoisotopic (exact) mass is 452 g/mol. The van der Waals surface area contributed by atoms with E-state index in [0.717, 1.165) is 35.9 Å². The molecule has 1 aliphatic heterocycles. The van der Waals surface area contributed by atoms with Crippen LogP contribution in [0.5, 0.6) is 0 Å². The quantitative estimate of drug-likeness (QED) is 0.548. The Balaban J connectivity index is 1.32. The zero-order valence-electron chi connectivity index (χ0n) is 16.1. The first-order chi connectivity index (χ1) is 13.9. The number of hydrogen-bond acceptors (Lipinski definition) is 8. The Hall–Kier alpha value is -1.39. The second kappa shape index (κ2) is 7.39. The summed E-state index contributed by atoms with van der Waals surface area (Å²) in [6.45, 7) is 0. The minimum Gasteiger partial charge on any atom is -0.383 e. The number of amides is 1. The van der Waals surface area contributed by atoms with Gasteiger partial charge in [0.15, 0.2) is 15.0 Å². The zero-order chi connectivity index (χ0) is 20.2. The number of thioether (sulfide) groups is 1. The van der Waals surface area contributed by atoms with E-state index < -0.39 is 9.84 Å². The third-order valence-corrected chi connectivity index (χ3v) is 9.75. The van der Waals surface area contributed by atoms with Gasteiger partial charge in [0.2, 0.25) is 5.91 Å². The van der Waals surface area contributed by atoms with E-state index in [0.29, 0.717) is 17.4 Å². The van der Waals surface area contributed by atoms with E-state index in [2.05, 4.69) is 9.97 Å². The molecule has 2 aliphatic carbocycles. The maximum absolute atomic E-state index is 12.9. The average molecular weight is 453 g/mol. The number of nitrogens with two attached hydrogens (primary N) is 1. The largest absolute Gasteiger partial charge is 0.383 e. The summed E-state index contributed by atoms with van der Waals surface area (Å²) in [7, 11) is -3.02. The molecule has 1 unspecified atom stereocenters. The fourth-order valence-corrected chi connectivity index (χ4v) is 8.24. The van der Waals surface area contributed by atoms with Crippen LogP contribution in [0, 0.1) is 0 Å². The average Bonchev–Trinajstić information content (AvgIpc) is 3.33. The number of aryl methyl sites for hydroxylation is 2. The highest BCUT2D eigenvalue weighted by atomic mass is 32.2. The van der Waals surface area contributed by atoms with Crippen molar-refractivity contribution in [2.45, 2.75) is 62.2 Å². The number of thiophene rings is 1. The van der Waals surface area contributed by atoms with Gasteiger partial charge in [-0.1, -0.05) is 11.8 Å². The number of anilines is 1. The first-order valence-electron chi connectivity index (χ1n) is 10.1. The molecule has 1 atom stereocenters. The fraction of sp³-hybridized carbons (Fsp3) is 0.632. The molecule has 5 rings (SSSR count). The van der Waals surface area contributed by atoms with Crippen LogP contribution >= 0.6 is 23.1 Å². The predicted octanol–water partition coefficient (Wildman–Crippen LogP) is 2.42. The smallest absolute Gasteiger partial charge is 0.233 e. The van der Waals surface area contributed by atoms with Crippen LogP contribution in [0.25, 0.3) is 10.2 Å². The summed E-state index contributed by atoms with van der Waals surface area (Å²) in [4.78, 5) is 26.2. The minimum atomic E-state index is -3.02. The van der Waals surface area contributed by atoms with E-state index in [4.69, 9.17) is 5.73 Å². The molecule has 29 heavy (non-hydrogen) atoms. The van der Waals surface area contributed by atoms with Gasteiger partial charge in [-0.25, -0.2) is 18.4 Å². The van der Waals surface area contributed by atoms with Crippen LogP contribution in [-0.2, 0) is 27.5 Å². The normalized spacial score (nSPS) is 23.2. The van der Waals surface area contributed by atoms with Gasteiger partial charge in [0, 0.05) is 17.0 Å². The molecule has 156 valence electrons. The summed E-state index contributed by atoms with van der Waals surface area (Å²) < 4.78 is 23.7. The van der Waals surface area contributed by atoms with Gasteiger partial charge in [-0.3, -0.25) is 4.79 Å². The molecule has 0 spiro atoms. The Morgan fingerprint density at radius 2 is 1.97 bits per heavy atom. The third kappa shape index (κ3) is 3.86. The summed E-state index contributed by atoms with van der Waals surface area (Å²) in [5.74, 6) is 0.970. The lowest BCUT2D eigenvalue weighted by Crippen LogP contribution is -2.43. The highest BCUT2D eigenvalue weighted by Crippen LogP contribution is 2.39. The molecular formula is C19H24N4O3S3. The fourth-order valence-electron chi connectivity index (χ4n) is 4.48. The standard InChI is InChI=1S/C19H24N4O3S3/c20-17-16-13-3-1-2-4-14(13)28-18(16)22-19(21-17)27-9-15(24)23(11-5-6-11)12-7-8-29(25,26)10-12/h11-12H,1-10H2,(H2,20,21,22). The zero-order valence-corrected chi connectivity index (χ0v) is 18.5. The van der Waals surface area contributed by atoms with Crippen LogP contribution in [-0.4, -0.2) is 58.5 Å². The van der Waals surface area contributed by atoms with E-state index in [1.54, 1.807) is 11.3 Å². The van der Waals surface area contributed by atoms with Crippen LogP contribution in [0.2, 0.25) is 0 Å². The molecule has 1 amide bonds.